The van der Waals surface area contributed by atoms with Gasteiger partial charge in [0.1, 0.15) is 5.75 Å². The zero-order valence-corrected chi connectivity index (χ0v) is 10.9. The van der Waals surface area contributed by atoms with Gasteiger partial charge >= 0.3 is 5.97 Å². The summed E-state index contributed by atoms with van der Waals surface area (Å²) in [6.07, 6.45) is 2.73. The molecule has 5 heteroatoms. The third-order valence-electron chi connectivity index (χ3n) is 2.39. The summed E-state index contributed by atoms with van der Waals surface area (Å²) >= 11 is 0. The van der Waals surface area contributed by atoms with Crippen LogP contribution in [0, 0.1) is 0 Å². The van der Waals surface area contributed by atoms with E-state index in [2.05, 4.69) is 5.32 Å². The van der Waals surface area contributed by atoms with E-state index in [4.69, 9.17) is 9.84 Å². The second-order valence-corrected chi connectivity index (χ2v) is 4.03. The number of carboxylic acid groups (broad SMARTS) is 1. The number of benzene rings is 1. The second kappa shape index (κ2) is 7.20. The Bertz CT molecular complexity index is 482. The number of carbonyl (C=O) groups is 2. The molecule has 19 heavy (non-hydrogen) atoms. The van der Waals surface area contributed by atoms with E-state index < -0.39 is 11.9 Å². The highest BCUT2D eigenvalue weighted by Gasteiger charge is 2.03. The van der Waals surface area contributed by atoms with Crippen LogP contribution in [-0.4, -0.2) is 23.1 Å². The molecule has 0 spiro atoms. The van der Waals surface area contributed by atoms with Crippen LogP contribution in [0.3, 0.4) is 0 Å². The number of carboxylic acids is 1. The molecule has 1 aromatic rings. The smallest absolute Gasteiger partial charge is 0.328 e. The lowest BCUT2D eigenvalue weighted by atomic mass is 10.2. The molecule has 0 heterocycles. The van der Waals surface area contributed by atoms with Gasteiger partial charge in [-0.1, -0.05) is 13.0 Å². The summed E-state index contributed by atoms with van der Waals surface area (Å²) in [7, 11) is 0. The van der Waals surface area contributed by atoms with Crippen molar-refractivity contribution in [2.24, 2.45) is 0 Å². The van der Waals surface area contributed by atoms with Gasteiger partial charge in [-0.2, -0.15) is 0 Å². The topological polar surface area (TPSA) is 75.6 Å². The van der Waals surface area contributed by atoms with Gasteiger partial charge < -0.3 is 15.2 Å². The van der Waals surface area contributed by atoms with Crippen LogP contribution < -0.4 is 10.1 Å². The molecule has 0 fully saturated rings. The van der Waals surface area contributed by atoms with E-state index >= 15 is 0 Å². The molecule has 2 N–H and O–H groups in total. The predicted molar refractivity (Wildman–Crippen MR) is 72.2 cm³/mol. The molecule has 5 nitrogen and oxygen atoms in total. The number of hydrogen-bond donors (Lipinski definition) is 2. The SMILES string of the molecule is CCC(C)Oc1cccc(NC(=O)C=CC(=O)O)c1. The van der Waals surface area contributed by atoms with Crippen molar-refractivity contribution in [1.82, 2.24) is 0 Å². The van der Waals surface area contributed by atoms with Crippen molar-refractivity contribution in [3.8, 4) is 5.75 Å². The molecule has 0 aliphatic rings. The van der Waals surface area contributed by atoms with Crippen LogP contribution in [0.15, 0.2) is 36.4 Å². The molecule has 0 aliphatic carbocycles. The lowest BCUT2D eigenvalue weighted by molar-refractivity contribution is -0.131. The number of ether oxygens (including phenoxy) is 1. The molecule has 0 saturated heterocycles. The van der Waals surface area contributed by atoms with Gasteiger partial charge in [-0.15, -0.1) is 0 Å². The highest BCUT2D eigenvalue weighted by molar-refractivity contribution is 6.02. The maximum Gasteiger partial charge on any atom is 0.328 e. The lowest BCUT2D eigenvalue weighted by Crippen LogP contribution is -2.11. The average Bonchev–Trinajstić information content (AvgIpc) is 2.36. The van der Waals surface area contributed by atoms with Gasteiger partial charge in [0.25, 0.3) is 0 Å². The standard InChI is InChI=1S/C14H17NO4/c1-3-10(2)19-12-6-4-5-11(9-12)15-13(16)7-8-14(17)18/h4-10H,3H2,1-2H3,(H,15,16)(H,17,18). The average molecular weight is 263 g/mol. The summed E-state index contributed by atoms with van der Waals surface area (Å²) < 4.78 is 5.62. The third kappa shape index (κ3) is 5.72. The Morgan fingerprint density at radius 3 is 2.79 bits per heavy atom. The Kier molecular flexibility index (Phi) is 5.60. The first-order valence-corrected chi connectivity index (χ1v) is 6.00. The number of anilines is 1. The van der Waals surface area contributed by atoms with Crippen molar-refractivity contribution in [1.29, 1.82) is 0 Å². The fourth-order valence-electron chi connectivity index (χ4n) is 1.29. The molecule has 1 unspecified atom stereocenters. The van der Waals surface area contributed by atoms with Crippen LogP contribution in [0.25, 0.3) is 0 Å². The minimum absolute atomic E-state index is 0.0952. The molecule has 0 aromatic heterocycles. The van der Waals surface area contributed by atoms with Gasteiger partial charge in [0, 0.05) is 23.9 Å². The lowest BCUT2D eigenvalue weighted by Gasteiger charge is -2.13. The molecule has 0 aliphatic heterocycles. The fraction of sp³-hybridized carbons (Fsp3) is 0.286. The monoisotopic (exact) mass is 263 g/mol. The van der Waals surface area contributed by atoms with Crippen LogP contribution in [0.2, 0.25) is 0 Å². The number of carbonyl (C=O) groups excluding carboxylic acids is 1. The summed E-state index contributed by atoms with van der Waals surface area (Å²) in [5.41, 5.74) is 0.556. The normalized spacial score (nSPS) is 12.1. The Hall–Kier alpha value is -2.30. The molecule has 1 atom stereocenters. The Morgan fingerprint density at radius 2 is 2.16 bits per heavy atom. The third-order valence-corrected chi connectivity index (χ3v) is 2.39. The van der Waals surface area contributed by atoms with Crippen LogP contribution in [0.1, 0.15) is 20.3 Å². The summed E-state index contributed by atoms with van der Waals surface area (Å²) in [6.45, 7) is 3.98. The number of hydrogen-bond acceptors (Lipinski definition) is 3. The van der Waals surface area contributed by atoms with Gasteiger partial charge in [0.15, 0.2) is 0 Å². The highest BCUT2D eigenvalue weighted by atomic mass is 16.5. The number of nitrogens with one attached hydrogen (secondary N) is 1. The van der Waals surface area contributed by atoms with Gasteiger partial charge in [-0.05, 0) is 25.5 Å². The molecule has 1 amide bonds. The Morgan fingerprint density at radius 1 is 1.42 bits per heavy atom. The second-order valence-electron chi connectivity index (χ2n) is 4.03. The first kappa shape index (κ1) is 14.8. The summed E-state index contributed by atoms with van der Waals surface area (Å²) in [5.74, 6) is -0.999. The van der Waals surface area contributed by atoms with Gasteiger partial charge in [0.05, 0.1) is 6.10 Å². The van der Waals surface area contributed by atoms with Gasteiger partial charge in [-0.25, -0.2) is 4.79 Å². The van der Waals surface area contributed by atoms with E-state index in [-0.39, 0.29) is 6.10 Å². The minimum Gasteiger partial charge on any atom is -0.491 e. The molecular formula is C14H17NO4. The predicted octanol–water partition coefficient (Wildman–Crippen LogP) is 2.44. The van der Waals surface area contributed by atoms with E-state index in [0.29, 0.717) is 11.4 Å². The molecule has 0 saturated carbocycles. The van der Waals surface area contributed by atoms with Crippen molar-refractivity contribution in [3.05, 3.63) is 36.4 Å². The Labute approximate surface area is 111 Å². The van der Waals surface area contributed by atoms with Crippen LogP contribution in [0.5, 0.6) is 5.75 Å². The largest absolute Gasteiger partial charge is 0.491 e. The van der Waals surface area contributed by atoms with Crippen molar-refractivity contribution in [2.45, 2.75) is 26.4 Å². The maximum absolute atomic E-state index is 11.4. The Balaban J connectivity index is 2.66. The van der Waals surface area contributed by atoms with E-state index in [0.717, 1.165) is 18.6 Å². The number of aliphatic carboxylic acids is 1. The molecule has 0 bridgehead atoms. The zero-order valence-electron chi connectivity index (χ0n) is 10.9. The van der Waals surface area contributed by atoms with Crippen molar-refractivity contribution in [2.75, 3.05) is 5.32 Å². The maximum atomic E-state index is 11.4. The molecule has 0 radical (unpaired) electrons. The van der Waals surface area contributed by atoms with E-state index in [1.54, 1.807) is 24.3 Å². The van der Waals surface area contributed by atoms with E-state index in [1.807, 2.05) is 13.8 Å². The van der Waals surface area contributed by atoms with Gasteiger partial charge in [-0.3, -0.25) is 4.79 Å². The van der Waals surface area contributed by atoms with Crippen molar-refractivity contribution < 1.29 is 19.4 Å². The van der Waals surface area contributed by atoms with E-state index in [9.17, 15) is 9.59 Å². The van der Waals surface area contributed by atoms with Crippen LogP contribution in [0.4, 0.5) is 5.69 Å². The zero-order chi connectivity index (χ0) is 14.3. The number of amides is 1. The van der Waals surface area contributed by atoms with E-state index in [1.165, 1.54) is 0 Å². The number of rotatable bonds is 6. The summed E-state index contributed by atoms with van der Waals surface area (Å²) in [4.78, 5) is 21.7. The summed E-state index contributed by atoms with van der Waals surface area (Å²) in [6, 6.07) is 6.96. The quantitative estimate of drug-likeness (QED) is 0.773. The minimum atomic E-state index is -1.16. The first-order valence-electron chi connectivity index (χ1n) is 6.00. The van der Waals surface area contributed by atoms with Crippen molar-refractivity contribution in [3.63, 3.8) is 0 Å². The molecule has 1 rings (SSSR count). The summed E-state index contributed by atoms with van der Waals surface area (Å²) in [5, 5.41) is 11.0. The highest BCUT2D eigenvalue weighted by Crippen LogP contribution is 2.19. The molecular weight excluding hydrogens is 246 g/mol. The van der Waals surface area contributed by atoms with Gasteiger partial charge in [0.2, 0.25) is 5.91 Å². The first-order chi connectivity index (χ1) is 9.01. The fourth-order valence-corrected chi connectivity index (χ4v) is 1.29. The van der Waals surface area contributed by atoms with Crippen molar-refractivity contribution >= 4 is 17.6 Å². The van der Waals surface area contributed by atoms with Crippen LogP contribution in [-0.2, 0) is 9.59 Å². The van der Waals surface area contributed by atoms with Crippen LogP contribution >= 0.6 is 0 Å². The molecule has 1 aromatic carbocycles. The molecule has 102 valence electrons.